The van der Waals surface area contributed by atoms with Crippen molar-refractivity contribution in [3.05, 3.63) is 107 Å². The van der Waals surface area contributed by atoms with E-state index < -0.39 is 5.97 Å². The number of imidazole rings is 1. The number of benzene rings is 3. The van der Waals surface area contributed by atoms with Gasteiger partial charge in [0.05, 0.1) is 22.8 Å². The fraction of sp³-hybridized carbons (Fsp3) is 0.161. The second-order valence-corrected chi connectivity index (χ2v) is 9.64. The first kappa shape index (κ1) is 25.4. The van der Waals surface area contributed by atoms with Crippen molar-refractivity contribution < 1.29 is 14.7 Å². The Hall–Kier alpha value is -4.29. The van der Waals surface area contributed by atoms with Crippen LogP contribution in [0.15, 0.2) is 85.2 Å². The molecule has 0 aliphatic heterocycles. The van der Waals surface area contributed by atoms with Crippen molar-refractivity contribution in [3.63, 3.8) is 0 Å². The maximum Gasteiger partial charge on any atom is 0.336 e. The second kappa shape index (κ2) is 11.0. The summed E-state index contributed by atoms with van der Waals surface area (Å²) in [5, 5.41) is 10.5. The minimum atomic E-state index is -1.14. The number of nitrogens with zero attached hydrogens (tertiary/aromatic N) is 2. The first-order valence-electron chi connectivity index (χ1n) is 12.5. The lowest BCUT2D eigenvalue weighted by Crippen LogP contribution is -2.10. The average molecular weight is 524 g/mol. The molecular formula is C31H26ClN3O3. The van der Waals surface area contributed by atoms with Crippen LogP contribution < -0.4 is 0 Å². The third-order valence-corrected chi connectivity index (χ3v) is 7.05. The van der Waals surface area contributed by atoms with Crippen molar-refractivity contribution in [2.24, 2.45) is 0 Å². The minimum Gasteiger partial charge on any atom is -0.478 e. The van der Waals surface area contributed by atoms with Crippen molar-refractivity contribution in [3.8, 4) is 22.5 Å². The molecule has 3 aromatic carbocycles. The number of aromatic nitrogens is 3. The molecule has 0 aliphatic rings. The molecule has 2 N–H and O–H groups in total. The third-order valence-electron chi connectivity index (χ3n) is 6.73. The summed E-state index contributed by atoms with van der Waals surface area (Å²) in [5.41, 5.74) is 4.59. The number of aromatic carboxylic acids is 1. The highest BCUT2D eigenvalue weighted by molar-refractivity contribution is 6.34. The van der Waals surface area contributed by atoms with Crippen LogP contribution in [0.3, 0.4) is 0 Å². The molecule has 5 aromatic rings. The molecule has 190 valence electrons. The number of carboxylic acid groups (broad SMARTS) is 1. The maximum absolute atomic E-state index is 13.3. The number of ketones is 1. The van der Waals surface area contributed by atoms with Gasteiger partial charge in [-0.2, -0.15) is 0 Å². The maximum atomic E-state index is 13.3. The Kier molecular flexibility index (Phi) is 7.33. The molecule has 0 amide bonds. The molecule has 2 aromatic heterocycles. The molecule has 38 heavy (non-hydrogen) atoms. The zero-order valence-corrected chi connectivity index (χ0v) is 21.6. The van der Waals surface area contributed by atoms with Gasteiger partial charge in [-0.3, -0.25) is 9.78 Å². The first-order chi connectivity index (χ1) is 18.5. The summed E-state index contributed by atoms with van der Waals surface area (Å²) < 4.78 is 0. The van der Waals surface area contributed by atoms with Gasteiger partial charge in [-0.15, -0.1) is 0 Å². The number of hydrogen-bond donors (Lipinski definition) is 2. The van der Waals surface area contributed by atoms with Gasteiger partial charge in [0.2, 0.25) is 0 Å². The standard InChI is InChI=1S/C31H26ClN3O3/c1-2-7-20(19-8-4-3-5-9-19)17-28(36)21-12-13-22(24(16-21)31(37)38)29-23(10-6-11-25(29)32)30-34-26-14-15-33-18-27(26)35-30/h3-6,8-16,18,20H,2,7,17H2,1H3,(H,34,35)(H,37,38)/t20-/m0/s1. The molecular weight excluding hydrogens is 498 g/mol. The van der Waals surface area contributed by atoms with Crippen molar-refractivity contribution in [1.82, 2.24) is 15.0 Å². The lowest BCUT2D eigenvalue weighted by atomic mass is 9.87. The van der Waals surface area contributed by atoms with E-state index in [0.717, 1.165) is 29.4 Å². The van der Waals surface area contributed by atoms with E-state index in [0.29, 0.717) is 39.5 Å². The smallest absolute Gasteiger partial charge is 0.336 e. The van der Waals surface area contributed by atoms with Crippen LogP contribution in [0.5, 0.6) is 0 Å². The first-order valence-corrected chi connectivity index (χ1v) is 12.9. The summed E-state index contributed by atoms with van der Waals surface area (Å²) in [6, 6.07) is 21.9. The number of nitrogens with one attached hydrogen (secondary N) is 1. The molecule has 2 heterocycles. The van der Waals surface area contributed by atoms with Crippen molar-refractivity contribution in [2.45, 2.75) is 32.1 Å². The van der Waals surface area contributed by atoms with Gasteiger partial charge in [-0.05, 0) is 41.7 Å². The quantitative estimate of drug-likeness (QED) is 0.192. The lowest BCUT2D eigenvalue weighted by Gasteiger charge is -2.17. The summed E-state index contributed by atoms with van der Waals surface area (Å²) in [5.74, 6) is -0.611. The van der Waals surface area contributed by atoms with Gasteiger partial charge >= 0.3 is 5.97 Å². The molecule has 7 heteroatoms. The van der Waals surface area contributed by atoms with E-state index in [-0.39, 0.29) is 17.3 Å². The summed E-state index contributed by atoms with van der Waals surface area (Å²) in [6.07, 6.45) is 5.46. The summed E-state index contributed by atoms with van der Waals surface area (Å²) in [7, 11) is 0. The number of hydrogen-bond acceptors (Lipinski definition) is 4. The van der Waals surface area contributed by atoms with Crippen molar-refractivity contribution in [2.75, 3.05) is 0 Å². The predicted octanol–water partition coefficient (Wildman–Crippen LogP) is 7.80. The number of carbonyl (C=O) groups is 2. The second-order valence-electron chi connectivity index (χ2n) is 9.23. The lowest BCUT2D eigenvalue weighted by molar-refractivity contribution is 0.0697. The van der Waals surface area contributed by atoms with E-state index in [9.17, 15) is 14.7 Å². The van der Waals surface area contributed by atoms with Gasteiger partial charge in [0, 0.05) is 34.3 Å². The normalized spacial score (nSPS) is 11.9. The number of rotatable bonds is 9. The number of aromatic amines is 1. The molecule has 0 fully saturated rings. The number of halogens is 1. The Balaban J connectivity index is 1.55. The van der Waals surface area contributed by atoms with E-state index in [2.05, 4.69) is 21.9 Å². The molecule has 0 radical (unpaired) electrons. The van der Waals surface area contributed by atoms with E-state index in [1.807, 2.05) is 36.4 Å². The highest BCUT2D eigenvalue weighted by Gasteiger charge is 2.23. The number of carbonyl (C=O) groups excluding carboxylic acids is 1. The Morgan fingerprint density at radius 1 is 1.00 bits per heavy atom. The van der Waals surface area contributed by atoms with E-state index in [1.54, 1.807) is 42.7 Å². The summed E-state index contributed by atoms with van der Waals surface area (Å²) in [6.45, 7) is 2.09. The highest BCUT2D eigenvalue weighted by atomic mass is 35.5. The fourth-order valence-electron chi connectivity index (χ4n) is 4.89. The summed E-state index contributed by atoms with van der Waals surface area (Å²) >= 11 is 6.65. The fourth-order valence-corrected chi connectivity index (χ4v) is 5.17. The average Bonchev–Trinajstić information content (AvgIpc) is 3.37. The van der Waals surface area contributed by atoms with Crippen LogP contribution >= 0.6 is 11.6 Å². The van der Waals surface area contributed by atoms with Gasteiger partial charge in [-0.1, -0.05) is 79.5 Å². The Labute approximate surface area is 225 Å². The van der Waals surface area contributed by atoms with Crippen LogP contribution in [0.25, 0.3) is 33.5 Å². The molecule has 5 rings (SSSR count). The number of H-pyrrole nitrogens is 1. The van der Waals surface area contributed by atoms with E-state index >= 15 is 0 Å². The molecule has 0 saturated carbocycles. The van der Waals surface area contributed by atoms with Gasteiger partial charge in [0.1, 0.15) is 5.82 Å². The van der Waals surface area contributed by atoms with E-state index in [1.165, 1.54) is 6.07 Å². The summed E-state index contributed by atoms with van der Waals surface area (Å²) in [4.78, 5) is 37.8. The third kappa shape index (κ3) is 5.08. The van der Waals surface area contributed by atoms with Crippen LogP contribution in [-0.2, 0) is 0 Å². The monoisotopic (exact) mass is 523 g/mol. The minimum absolute atomic E-state index is 0.00901. The largest absolute Gasteiger partial charge is 0.478 e. The molecule has 0 spiro atoms. The molecule has 1 atom stereocenters. The van der Waals surface area contributed by atoms with Gasteiger partial charge in [0.25, 0.3) is 0 Å². The number of carboxylic acids is 1. The highest BCUT2D eigenvalue weighted by Crippen LogP contribution is 2.39. The van der Waals surface area contributed by atoms with Crippen LogP contribution in [0, 0.1) is 0 Å². The van der Waals surface area contributed by atoms with Crippen LogP contribution in [-0.4, -0.2) is 31.8 Å². The Bertz CT molecular complexity index is 1600. The van der Waals surface area contributed by atoms with Crippen LogP contribution in [0.1, 0.15) is 58.4 Å². The van der Waals surface area contributed by atoms with Gasteiger partial charge in [-0.25, -0.2) is 9.78 Å². The molecule has 0 unspecified atom stereocenters. The number of pyridine rings is 1. The predicted molar refractivity (Wildman–Crippen MR) is 150 cm³/mol. The Morgan fingerprint density at radius 2 is 1.82 bits per heavy atom. The topological polar surface area (TPSA) is 95.9 Å². The van der Waals surface area contributed by atoms with Crippen molar-refractivity contribution >= 4 is 34.4 Å². The van der Waals surface area contributed by atoms with Crippen LogP contribution in [0.2, 0.25) is 5.02 Å². The molecule has 0 saturated heterocycles. The van der Waals surface area contributed by atoms with Gasteiger partial charge in [0.15, 0.2) is 5.78 Å². The Morgan fingerprint density at radius 3 is 2.55 bits per heavy atom. The number of Topliss-reactive ketones (excluding diaryl/α,β-unsaturated/α-hetero) is 1. The molecule has 0 bridgehead atoms. The SMILES string of the molecule is CCC[C@@H](CC(=O)c1ccc(-c2c(Cl)cccc2-c2nc3ccncc3[nH]2)c(C(=O)O)c1)c1ccccc1. The van der Waals surface area contributed by atoms with E-state index in [4.69, 9.17) is 11.6 Å². The number of fused-ring (bicyclic) bond motifs is 1. The zero-order valence-electron chi connectivity index (χ0n) is 20.8. The zero-order chi connectivity index (χ0) is 26.6. The van der Waals surface area contributed by atoms with Crippen molar-refractivity contribution in [1.29, 1.82) is 0 Å². The molecule has 0 aliphatic carbocycles. The molecule has 6 nitrogen and oxygen atoms in total. The van der Waals surface area contributed by atoms with Crippen LogP contribution in [0.4, 0.5) is 0 Å². The van der Waals surface area contributed by atoms with Gasteiger partial charge < -0.3 is 10.1 Å².